The van der Waals surface area contributed by atoms with E-state index in [1.807, 2.05) is 10.9 Å². The lowest BCUT2D eigenvalue weighted by Gasteiger charge is -2.22. The van der Waals surface area contributed by atoms with Gasteiger partial charge in [0.25, 0.3) is 0 Å². The van der Waals surface area contributed by atoms with E-state index >= 15 is 0 Å². The molecule has 0 aromatic carbocycles. The van der Waals surface area contributed by atoms with E-state index in [2.05, 4.69) is 36.0 Å². The summed E-state index contributed by atoms with van der Waals surface area (Å²) in [6.45, 7) is 11.6. The van der Waals surface area contributed by atoms with Crippen LogP contribution in [0.15, 0.2) is 12.4 Å². The van der Waals surface area contributed by atoms with Crippen molar-refractivity contribution in [2.45, 2.75) is 245 Å². The average Bonchev–Trinajstić information content (AvgIpc) is 3.69. The van der Waals surface area contributed by atoms with Gasteiger partial charge in [-0.2, -0.15) is 0 Å². The summed E-state index contributed by atoms with van der Waals surface area (Å²) in [5.74, 6) is 0.00671. The van der Waals surface area contributed by atoms with Crippen molar-refractivity contribution in [3.8, 4) is 0 Å². The van der Waals surface area contributed by atoms with Crippen molar-refractivity contribution < 1.29 is 19.1 Å². The molecule has 8 heteroatoms. The second-order valence-corrected chi connectivity index (χ2v) is 16.1. The molecule has 1 heterocycles. The number of carbonyl (C=O) groups is 2. The second kappa shape index (κ2) is 39.3. The molecule has 1 aromatic heterocycles. The van der Waals surface area contributed by atoms with Gasteiger partial charge >= 0.3 is 11.9 Å². The fourth-order valence-corrected chi connectivity index (χ4v) is 7.37. The van der Waals surface area contributed by atoms with Crippen molar-refractivity contribution in [3.63, 3.8) is 0 Å². The Morgan fingerprint density at radius 2 is 0.981 bits per heavy atom. The van der Waals surface area contributed by atoms with Crippen LogP contribution in [-0.2, 0) is 25.6 Å². The van der Waals surface area contributed by atoms with Crippen molar-refractivity contribution in [1.29, 1.82) is 0 Å². The monoisotopic (exact) mass is 761 g/mol. The Kier molecular flexibility index (Phi) is 36.4. The molecule has 8 nitrogen and oxygen atoms in total. The molecule has 0 spiro atoms. The van der Waals surface area contributed by atoms with Gasteiger partial charge < -0.3 is 14.4 Å². The van der Waals surface area contributed by atoms with E-state index in [0.717, 1.165) is 77.5 Å². The van der Waals surface area contributed by atoms with Crippen molar-refractivity contribution in [1.82, 2.24) is 19.9 Å². The number of aromatic nitrogens is 3. The number of ether oxygens (including phenoxy) is 2. The van der Waals surface area contributed by atoms with Gasteiger partial charge in [-0.15, -0.1) is 5.10 Å². The third-order valence-corrected chi connectivity index (χ3v) is 10.9. The molecule has 1 rings (SSSR count). The van der Waals surface area contributed by atoms with Gasteiger partial charge in [-0.3, -0.25) is 14.3 Å². The van der Waals surface area contributed by atoms with Crippen molar-refractivity contribution in [2.24, 2.45) is 0 Å². The summed E-state index contributed by atoms with van der Waals surface area (Å²) in [6.07, 6.45) is 42.1. The molecule has 0 saturated heterocycles. The zero-order valence-electron chi connectivity index (χ0n) is 36.0. The van der Waals surface area contributed by atoms with Crippen molar-refractivity contribution in [2.75, 3.05) is 26.2 Å². The van der Waals surface area contributed by atoms with Crippen LogP contribution >= 0.6 is 0 Å². The molecule has 0 N–H and O–H groups in total. The van der Waals surface area contributed by atoms with Crippen LogP contribution < -0.4 is 0 Å². The van der Waals surface area contributed by atoms with Crippen LogP contribution in [0, 0.1) is 0 Å². The zero-order valence-corrected chi connectivity index (χ0v) is 36.0. The topological polar surface area (TPSA) is 86.5 Å². The molecular weight excluding hydrogens is 673 g/mol. The first kappa shape index (κ1) is 50.1. The molecule has 316 valence electrons. The van der Waals surface area contributed by atoms with Crippen LogP contribution in [0.25, 0.3) is 0 Å². The molecule has 1 atom stereocenters. The quantitative estimate of drug-likeness (QED) is 0.0484. The summed E-state index contributed by atoms with van der Waals surface area (Å²) in [4.78, 5) is 27.5. The van der Waals surface area contributed by atoms with E-state index < -0.39 is 0 Å². The molecule has 54 heavy (non-hydrogen) atoms. The maximum Gasteiger partial charge on any atom is 0.306 e. The molecule has 0 amide bonds. The minimum atomic E-state index is -0.0181. The first-order valence-electron chi connectivity index (χ1n) is 23.5. The Morgan fingerprint density at radius 3 is 1.50 bits per heavy atom. The number of nitrogens with zero attached hydrogens (tertiary/aromatic N) is 4. The van der Waals surface area contributed by atoms with Gasteiger partial charge in [-0.1, -0.05) is 161 Å². The minimum absolute atomic E-state index is 0.0181. The smallest absolute Gasteiger partial charge is 0.306 e. The fraction of sp³-hybridized carbons (Fsp3) is 0.913. The van der Waals surface area contributed by atoms with Crippen LogP contribution in [-0.4, -0.2) is 64.2 Å². The fourth-order valence-electron chi connectivity index (χ4n) is 7.37. The van der Waals surface area contributed by atoms with Crippen molar-refractivity contribution >= 4 is 11.9 Å². The Balaban J connectivity index is 2.23. The number of unbranched alkanes of at least 4 members (excludes halogenated alkanes) is 23. The van der Waals surface area contributed by atoms with Crippen LogP contribution in [0.2, 0.25) is 0 Å². The molecule has 0 aliphatic carbocycles. The number of carbonyl (C=O) groups excluding carboxylic acids is 2. The van der Waals surface area contributed by atoms with Gasteiger partial charge in [0.2, 0.25) is 0 Å². The lowest BCUT2D eigenvalue weighted by atomic mass is 10.0. The molecule has 0 fully saturated rings. The van der Waals surface area contributed by atoms with E-state index in [-0.39, 0.29) is 18.0 Å². The third-order valence-electron chi connectivity index (χ3n) is 10.9. The molecule has 0 aliphatic heterocycles. The molecule has 0 bridgehead atoms. The minimum Gasteiger partial charge on any atom is -0.466 e. The number of esters is 2. The van der Waals surface area contributed by atoms with Gasteiger partial charge in [0.05, 0.1) is 12.8 Å². The SMILES string of the molecule is CCCCCCCCCOC(=O)CCCCCCCN(CCCCCCCC(=O)OC(CCCCCCC)CCCCCCCC)CCCn1ccnn1. The largest absolute Gasteiger partial charge is 0.466 e. The summed E-state index contributed by atoms with van der Waals surface area (Å²) < 4.78 is 13.4. The van der Waals surface area contributed by atoms with E-state index in [0.29, 0.717) is 19.4 Å². The second-order valence-electron chi connectivity index (χ2n) is 16.1. The van der Waals surface area contributed by atoms with Crippen LogP contribution in [0.3, 0.4) is 0 Å². The Hall–Kier alpha value is -1.96. The summed E-state index contributed by atoms with van der Waals surface area (Å²) >= 11 is 0. The molecule has 1 aromatic rings. The highest BCUT2D eigenvalue weighted by molar-refractivity contribution is 5.69. The molecule has 1 unspecified atom stereocenters. The normalized spacial score (nSPS) is 12.1. The van der Waals surface area contributed by atoms with Gasteiger partial charge in [-0.05, 0) is 83.8 Å². The lowest BCUT2D eigenvalue weighted by Crippen LogP contribution is -2.28. The van der Waals surface area contributed by atoms with E-state index in [4.69, 9.17) is 9.47 Å². The predicted octanol–water partition coefficient (Wildman–Crippen LogP) is 13.0. The van der Waals surface area contributed by atoms with E-state index in [9.17, 15) is 9.59 Å². The maximum atomic E-state index is 12.8. The predicted molar refractivity (Wildman–Crippen MR) is 227 cm³/mol. The lowest BCUT2D eigenvalue weighted by molar-refractivity contribution is -0.150. The Bertz CT molecular complexity index is 928. The zero-order chi connectivity index (χ0) is 39.0. The molecule has 0 aliphatic rings. The summed E-state index contributed by atoms with van der Waals surface area (Å²) in [5, 5.41) is 8.07. The third kappa shape index (κ3) is 33.4. The highest BCUT2D eigenvalue weighted by Crippen LogP contribution is 2.18. The van der Waals surface area contributed by atoms with Gasteiger partial charge in [0.15, 0.2) is 0 Å². The molecular formula is C46H88N4O4. The Morgan fingerprint density at radius 1 is 0.537 bits per heavy atom. The highest BCUT2D eigenvalue weighted by atomic mass is 16.5. The average molecular weight is 761 g/mol. The summed E-state index contributed by atoms with van der Waals surface area (Å²) in [6, 6.07) is 0. The van der Waals surface area contributed by atoms with Crippen LogP contribution in [0.4, 0.5) is 0 Å². The standard InChI is InChI=1S/C46H88N4O4/c1-4-7-10-13-15-24-31-43-53-45(51)35-27-20-16-22-29-38-49(40-32-41-50-42-37-47-48-50)39-30-23-17-21-28-36-46(52)54-44(33-25-18-12-9-6-3)34-26-19-14-11-8-5-2/h37,42,44H,4-36,38-41,43H2,1-3H3. The van der Waals surface area contributed by atoms with Gasteiger partial charge in [-0.25, -0.2) is 0 Å². The van der Waals surface area contributed by atoms with Crippen molar-refractivity contribution in [3.05, 3.63) is 12.4 Å². The highest BCUT2D eigenvalue weighted by Gasteiger charge is 2.14. The van der Waals surface area contributed by atoms with Gasteiger partial charge in [0.1, 0.15) is 6.10 Å². The van der Waals surface area contributed by atoms with Crippen LogP contribution in [0.1, 0.15) is 233 Å². The van der Waals surface area contributed by atoms with E-state index in [1.54, 1.807) is 6.20 Å². The number of rotatable bonds is 42. The summed E-state index contributed by atoms with van der Waals surface area (Å²) in [7, 11) is 0. The Labute approximate surface area is 334 Å². The first-order chi connectivity index (χ1) is 26.6. The molecule has 0 radical (unpaired) electrons. The number of aryl methyl sites for hydroxylation is 1. The van der Waals surface area contributed by atoms with E-state index in [1.165, 1.54) is 148 Å². The maximum absolute atomic E-state index is 12.8. The first-order valence-corrected chi connectivity index (χ1v) is 23.5. The number of hydrogen-bond acceptors (Lipinski definition) is 7. The van der Waals surface area contributed by atoms with Crippen LogP contribution in [0.5, 0.6) is 0 Å². The molecule has 0 saturated carbocycles. The summed E-state index contributed by atoms with van der Waals surface area (Å²) in [5.41, 5.74) is 0. The number of hydrogen-bond donors (Lipinski definition) is 0. The van der Waals surface area contributed by atoms with Gasteiger partial charge in [0, 0.05) is 25.6 Å².